The van der Waals surface area contributed by atoms with E-state index >= 15 is 0 Å². The highest BCUT2D eigenvalue weighted by Crippen LogP contribution is 2.06. The van der Waals surface area contributed by atoms with Crippen molar-refractivity contribution < 1.29 is 11.0 Å². The van der Waals surface area contributed by atoms with Crippen LogP contribution in [0.2, 0.25) is 0 Å². The molecule has 0 aliphatic rings. The summed E-state index contributed by atoms with van der Waals surface area (Å²) in [7, 11) is 0. The fourth-order valence-corrected chi connectivity index (χ4v) is 1.08. The second kappa shape index (κ2) is 5.47. The van der Waals surface area contributed by atoms with Crippen LogP contribution in [0.3, 0.4) is 0 Å². The fourth-order valence-electron chi connectivity index (χ4n) is 1.08. The lowest BCUT2D eigenvalue weighted by Crippen LogP contribution is -2.31. The molecule has 0 aromatic heterocycles. The van der Waals surface area contributed by atoms with Crippen LogP contribution >= 0.6 is 0 Å². The van der Waals surface area contributed by atoms with Gasteiger partial charge in [-0.15, -0.1) is 6.42 Å². The van der Waals surface area contributed by atoms with Gasteiger partial charge in [0.1, 0.15) is 0 Å². The maximum Gasteiger partial charge on any atom is 0.0598 e. The molecular weight excluding hydrogens is 170 g/mol. The number of nitrogens with zero attached hydrogens (tertiary/aromatic N) is 1. The first-order valence-electron chi connectivity index (χ1n) is 8.21. The Labute approximate surface area is 98.0 Å². The predicted molar refractivity (Wildman–Crippen MR) is 61.1 cm³/mol. The average molecular weight is 195 g/mol. The van der Waals surface area contributed by atoms with E-state index in [-0.39, 0.29) is 6.42 Å². The highest BCUT2D eigenvalue weighted by atomic mass is 15.1. The van der Waals surface area contributed by atoms with Gasteiger partial charge in [-0.1, -0.05) is 36.3 Å². The van der Waals surface area contributed by atoms with Crippen molar-refractivity contribution in [2.24, 2.45) is 0 Å². The zero-order chi connectivity index (χ0) is 17.2. The van der Waals surface area contributed by atoms with Crippen LogP contribution in [0.15, 0.2) is 30.3 Å². The summed E-state index contributed by atoms with van der Waals surface area (Å²) in [6, 6.07) is 6.87. The molecule has 0 heterocycles. The molecule has 0 saturated carbocycles. The van der Waals surface area contributed by atoms with Crippen molar-refractivity contribution in [1.82, 2.24) is 4.90 Å². The SMILES string of the molecule is [2H]C([2H])([2H])[C@H](Cc1ccccc1)N(C([2H])([2H])[2H])C([2H])([2H])C#C. The molecule has 0 spiro atoms. The summed E-state index contributed by atoms with van der Waals surface area (Å²) in [4.78, 5) is 0.292. The summed E-state index contributed by atoms with van der Waals surface area (Å²) in [6.45, 7) is -8.41. The Morgan fingerprint density at radius 2 is 2.36 bits per heavy atom. The van der Waals surface area contributed by atoms with E-state index in [0.717, 1.165) is 0 Å². The molecule has 74 valence electrons. The number of hydrogen-bond donors (Lipinski definition) is 0. The molecule has 0 fully saturated rings. The Balaban J connectivity index is 3.32. The Morgan fingerprint density at radius 3 is 2.93 bits per heavy atom. The van der Waals surface area contributed by atoms with Gasteiger partial charge in [-0.3, -0.25) is 4.90 Å². The molecule has 1 nitrogen and oxygen atoms in total. The first kappa shape index (κ1) is 4.08. The number of hydrogen-bond acceptors (Lipinski definition) is 1. The van der Waals surface area contributed by atoms with Crippen LogP contribution in [0.1, 0.15) is 23.4 Å². The van der Waals surface area contributed by atoms with E-state index in [4.69, 9.17) is 17.4 Å². The van der Waals surface area contributed by atoms with Crippen molar-refractivity contribution in [3.8, 4) is 12.3 Å². The van der Waals surface area contributed by atoms with Gasteiger partial charge in [0.15, 0.2) is 0 Å². The van der Waals surface area contributed by atoms with Crippen molar-refractivity contribution in [1.29, 1.82) is 0 Å². The Hall–Kier alpha value is -1.26. The van der Waals surface area contributed by atoms with E-state index < -0.39 is 26.4 Å². The molecule has 0 bridgehead atoms. The van der Waals surface area contributed by atoms with E-state index in [0.29, 0.717) is 10.5 Å². The minimum Gasteiger partial charge on any atom is -0.292 e. The molecule has 1 rings (SSSR count). The lowest BCUT2D eigenvalue weighted by molar-refractivity contribution is 0.287. The first-order valence-corrected chi connectivity index (χ1v) is 4.21. The number of rotatable bonds is 4. The largest absolute Gasteiger partial charge is 0.292 e. The Morgan fingerprint density at radius 1 is 1.57 bits per heavy atom. The standard InChI is InChI=1S/C13H17N/c1-4-10-14(3)12(2)11-13-8-6-5-7-9-13/h1,5-9,12H,10-11H2,2-3H3/t12-/m1/s1/i2D3,3D3,10D2. The molecule has 0 aliphatic carbocycles. The minimum absolute atomic E-state index is 0.156. The normalized spacial score (nSPS) is 23.7. The summed E-state index contributed by atoms with van der Waals surface area (Å²) in [5.74, 6) is 1.74. The van der Waals surface area contributed by atoms with Crippen LogP contribution < -0.4 is 0 Å². The second-order valence-electron chi connectivity index (χ2n) is 2.83. The zero-order valence-electron chi connectivity index (χ0n) is 15.7. The van der Waals surface area contributed by atoms with Gasteiger partial charge in [-0.2, -0.15) is 0 Å². The molecule has 0 radical (unpaired) electrons. The average Bonchev–Trinajstić information content (AvgIpc) is 2.36. The lowest BCUT2D eigenvalue weighted by Gasteiger charge is -2.22. The summed E-state index contributed by atoms with van der Waals surface area (Å²) in [5, 5.41) is 0. The Kier molecular flexibility index (Phi) is 1.59. The molecule has 0 unspecified atom stereocenters. The first-order chi connectivity index (χ1) is 9.89. The monoisotopic (exact) mass is 195 g/mol. The zero-order valence-corrected chi connectivity index (χ0v) is 7.70. The highest BCUT2D eigenvalue weighted by molar-refractivity contribution is 5.15. The maximum absolute atomic E-state index is 7.71. The molecule has 0 saturated heterocycles. The van der Waals surface area contributed by atoms with Crippen molar-refractivity contribution in [3.63, 3.8) is 0 Å². The topological polar surface area (TPSA) is 3.24 Å². The van der Waals surface area contributed by atoms with Gasteiger partial charge in [0.05, 0.1) is 9.24 Å². The van der Waals surface area contributed by atoms with E-state index in [1.807, 2.05) is 0 Å². The molecule has 1 heteroatoms. The van der Waals surface area contributed by atoms with Crippen molar-refractivity contribution >= 4 is 0 Å². The predicted octanol–water partition coefficient (Wildman–Crippen LogP) is 2.18. The molecule has 0 amide bonds. The maximum atomic E-state index is 7.71. The van der Waals surface area contributed by atoms with Crippen LogP contribution in [0.5, 0.6) is 0 Å². The van der Waals surface area contributed by atoms with Gasteiger partial charge in [-0.25, -0.2) is 0 Å². The molecule has 0 N–H and O–H groups in total. The van der Waals surface area contributed by atoms with Crippen LogP contribution in [-0.4, -0.2) is 24.4 Å². The summed E-state index contributed by atoms with van der Waals surface area (Å²) < 4.78 is 60.7. The van der Waals surface area contributed by atoms with Gasteiger partial charge >= 0.3 is 0 Å². The molecule has 14 heavy (non-hydrogen) atoms. The molecule has 1 aromatic rings. The summed E-state index contributed by atoms with van der Waals surface area (Å²) in [5.41, 5.74) is 0.589. The van der Waals surface area contributed by atoms with Crippen LogP contribution in [0.4, 0.5) is 0 Å². The summed E-state index contributed by atoms with van der Waals surface area (Å²) in [6.07, 6.45) is 4.92. The van der Waals surface area contributed by atoms with Crippen LogP contribution in [0, 0.1) is 12.3 Å². The molecule has 1 atom stereocenters. The van der Waals surface area contributed by atoms with Crippen molar-refractivity contribution in [3.05, 3.63) is 35.9 Å². The van der Waals surface area contributed by atoms with Gasteiger partial charge in [0, 0.05) is 14.3 Å². The van der Waals surface area contributed by atoms with E-state index in [2.05, 4.69) is 0 Å². The van der Waals surface area contributed by atoms with Gasteiger partial charge in [-0.05, 0) is 25.8 Å². The smallest absolute Gasteiger partial charge is 0.0598 e. The minimum atomic E-state index is -2.98. The number of benzene rings is 1. The second-order valence-corrected chi connectivity index (χ2v) is 2.83. The Bertz CT molecular complexity index is 526. The van der Waals surface area contributed by atoms with Crippen LogP contribution in [0.25, 0.3) is 0 Å². The number of terminal acetylenes is 1. The van der Waals surface area contributed by atoms with Crippen LogP contribution in [-0.2, 0) is 6.42 Å². The van der Waals surface area contributed by atoms with E-state index in [9.17, 15) is 0 Å². The third-order valence-electron chi connectivity index (χ3n) is 1.77. The van der Waals surface area contributed by atoms with Gasteiger partial charge in [0.25, 0.3) is 0 Å². The van der Waals surface area contributed by atoms with E-state index in [1.165, 1.54) is 0 Å². The molecule has 0 aliphatic heterocycles. The highest BCUT2D eigenvalue weighted by Gasteiger charge is 2.07. The quantitative estimate of drug-likeness (QED) is 0.666. The number of likely N-dealkylation sites (N-methyl/N-ethyl adjacent to an activating group) is 1. The van der Waals surface area contributed by atoms with Crippen molar-refractivity contribution in [2.45, 2.75) is 19.3 Å². The van der Waals surface area contributed by atoms with Gasteiger partial charge < -0.3 is 0 Å². The third kappa shape index (κ3) is 3.24. The third-order valence-corrected chi connectivity index (χ3v) is 1.77. The van der Waals surface area contributed by atoms with E-state index in [1.54, 1.807) is 36.3 Å². The summed E-state index contributed by atoms with van der Waals surface area (Å²) >= 11 is 0. The fraction of sp³-hybridized carbons (Fsp3) is 0.385. The van der Waals surface area contributed by atoms with Gasteiger partial charge in [0.2, 0.25) is 0 Å². The van der Waals surface area contributed by atoms with Crippen molar-refractivity contribution in [2.75, 3.05) is 13.5 Å². The molecule has 1 aromatic carbocycles. The molecular formula is C13H17N. The lowest BCUT2D eigenvalue weighted by atomic mass is 10.1.